The Kier molecular flexibility index (Phi) is 5.99. The van der Waals surface area contributed by atoms with Gasteiger partial charge in [0.05, 0.1) is 21.5 Å². The molecule has 0 aliphatic heterocycles. The quantitative estimate of drug-likeness (QED) is 0.401. The van der Waals surface area contributed by atoms with Crippen LogP contribution in [0.3, 0.4) is 0 Å². The Balaban J connectivity index is 1.62. The van der Waals surface area contributed by atoms with Crippen molar-refractivity contribution in [2.75, 3.05) is 14.1 Å². The summed E-state index contributed by atoms with van der Waals surface area (Å²) in [4.78, 5) is 8.45. The largest absolute Gasteiger partial charge is 0.416 e. The molecule has 0 spiro atoms. The third-order valence-corrected chi connectivity index (χ3v) is 6.29. The number of benzene rings is 3. The molecule has 0 amide bonds. The summed E-state index contributed by atoms with van der Waals surface area (Å²) in [5.74, 6) is 0.585. The highest BCUT2D eigenvalue weighted by molar-refractivity contribution is 7.82. The van der Waals surface area contributed by atoms with Crippen molar-refractivity contribution >= 4 is 34.2 Å². The Hall–Kier alpha value is -3.23. The summed E-state index contributed by atoms with van der Waals surface area (Å²) in [5, 5.41) is 0. The molecular weight excluding hydrogens is 435 g/mol. The summed E-state index contributed by atoms with van der Waals surface area (Å²) in [7, 11) is 2.25. The molecule has 3 aromatic carbocycles. The maximum Gasteiger partial charge on any atom is 0.416 e. The van der Waals surface area contributed by atoms with Crippen LogP contribution in [0.15, 0.2) is 71.6 Å². The van der Waals surface area contributed by atoms with Crippen LogP contribution in [0.2, 0.25) is 0 Å². The minimum absolute atomic E-state index is 0.585. The first-order valence-electron chi connectivity index (χ1n) is 9.76. The van der Waals surface area contributed by atoms with Gasteiger partial charge in [0, 0.05) is 0 Å². The number of H-pyrrole nitrogens is 1. The summed E-state index contributed by atoms with van der Waals surface area (Å²) in [6, 6.07) is 18.2. The van der Waals surface area contributed by atoms with Crippen LogP contribution in [0.4, 0.5) is 13.2 Å². The number of nitrogens with one attached hydrogen (secondary N) is 1. The minimum Gasteiger partial charge on any atom is -0.338 e. The lowest BCUT2D eigenvalue weighted by Gasteiger charge is -2.13. The Morgan fingerprint density at radius 2 is 1.69 bits per heavy atom. The van der Waals surface area contributed by atoms with Gasteiger partial charge in [0.2, 0.25) is 0 Å². The molecule has 4 nitrogen and oxygen atoms in total. The van der Waals surface area contributed by atoms with Crippen molar-refractivity contribution in [1.82, 2.24) is 14.3 Å². The molecule has 1 atom stereocenters. The van der Waals surface area contributed by atoms with E-state index >= 15 is 0 Å². The molecule has 0 aliphatic rings. The number of fused-ring (bicyclic) bond motifs is 1. The van der Waals surface area contributed by atoms with Crippen LogP contribution in [0, 0.1) is 0 Å². The van der Waals surface area contributed by atoms with Crippen molar-refractivity contribution in [2.24, 2.45) is 0 Å². The molecular formula is C24H20F3N3OS. The molecule has 0 saturated carbocycles. The lowest BCUT2D eigenvalue weighted by molar-refractivity contribution is -0.137. The highest BCUT2D eigenvalue weighted by atomic mass is 32.2. The standard InChI is InChI=1S/C24H20F3N3OS/c1-30(2)32(31)22-6-4-3-5-19(22)17-10-13-20-21(15-17)29-23(28-20)14-9-16-7-11-18(12-8-16)24(25,26)27/h3-15H,1-2H3,(H,28,29)/b14-9+. The average Bonchev–Trinajstić information content (AvgIpc) is 3.19. The number of alkyl halides is 3. The van der Waals surface area contributed by atoms with Gasteiger partial charge in [-0.15, -0.1) is 0 Å². The second-order valence-corrected chi connectivity index (χ2v) is 9.03. The van der Waals surface area contributed by atoms with Crippen molar-refractivity contribution in [1.29, 1.82) is 0 Å². The van der Waals surface area contributed by atoms with Gasteiger partial charge < -0.3 is 4.98 Å². The van der Waals surface area contributed by atoms with E-state index in [1.54, 1.807) is 30.6 Å². The van der Waals surface area contributed by atoms with E-state index in [1.807, 2.05) is 42.5 Å². The molecule has 4 rings (SSSR count). The number of imidazole rings is 1. The first-order chi connectivity index (χ1) is 15.2. The van der Waals surface area contributed by atoms with Gasteiger partial charge in [-0.2, -0.15) is 13.2 Å². The number of rotatable bonds is 5. The van der Waals surface area contributed by atoms with E-state index in [0.717, 1.165) is 39.2 Å². The molecule has 0 fully saturated rings. The van der Waals surface area contributed by atoms with E-state index in [0.29, 0.717) is 11.4 Å². The average molecular weight is 456 g/mol. The van der Waals surface area contributed by atoms with Gasteiger partial charge in [-0.1, -0.05) is 42.5 Å². The fourth-order valence-electron chi connectivity index (χ4n) is 3.29. The fraction of sp³-hybridized carbons (Fsp3) is 0.125. The zero-order valence-electron chi connectivity index (χ0n) is 17.4. The molecule has 0 saturated heterocycles. The number of hydrogen-bond acceptors (Lipinski definition) is 2. The van der Waals surface area contributed by atoms with Crippen LogP contribution < -0.4 is 0 Å². The third-order valence-electron chi connectivity index (χ3n) is 4.89. The molecule has 0 bridgehead atoms. The van der Waals surface area contributed by atoms with Gasteiger partial charge in [-0.3, -0.25) is 0 Å². The predicted octanol–water partition coefficient (Wildman–Crippen LogP) is 6.00. The van der Waals surface area contributed by atoms with Crippen molar-refractivity contribution in [2.45, 2.75) is 11.1 Å². The van der Waals surface area contributed by atoms with Crippen LogP contribution >= 0.6 is 0 Å². The van der Waals surface area contributed by atoms with Gasteiger partial charge >= 0.3 is 6.18 Å². The maximum absolute atomic E-state index is 12.7. The van der Waals surface area contributed by atoms with E-state index < -0.39 is 22.7 Å². The van der Waals surface area contributed by atoms with E-state index in [-0.39, 0.29) is 0 Å². The molecule has 164 valence electrons. The topological polar surface area (TPSA) is 49.0 Å². The smallest absolute Gasteiger partial charge is 0.338 e. The number of halogens is 3. The van der Waals surface area contributed by atoms with Gasteiger partial charge in [0.15, 0.2) is 0 Å². The maximum atomic E-state index is 12.7. The molecule has 1 aromatic heterocycles. The number of aromatic nitrogens is 2. The minimum atomic E-state index is -4.35. The number of nitrogens with zero attached hydrogens (tertiary/aromatic N) is 2. The zero-order valence-corrected chi connectivity index (χ0v) is 18.2. The van der Waals surface area contributed by atoms with Crippen molar-refractivity contribution in [3.8, 4) is 11.1 Å². The van der Waals surface area contributed by atoms with E-state index in [2.05, 4.69) is 9.97 Å². The van der Waals surface area contributed by atoms with Crippen LogP contribution in [0.25, 0.3) is 34.3 Å². The van der Waals surface area contributed by atoms with Crippen molar-refractivity contribution in [3.63, 3.8) is 0 Å². The molecule has 4 aromatic rings. The monoisotopic (exact) mass is 455 g/mol. The molecule has 1 unspecified atom stereocenters. The van der Waals surface area contributed by atoms with E-state index in [4.69, 9.17) is 0 Å². The van der Waals surface area contributed by atoms with Crippen LogP contribution in [0.1, 0.15) is 17.0 Å². The van der Waals surface area contributed by atoms with Crippen LogP contribution in [-0.2, 0) is 17.2 Å². The van der Waals surface area contributed by atoms with Crippen LogP contribution in [0.5, 0.6) is 0 Å². The SMILES string of the molecule is CN(C)S(=O)c1ccccc1-c1ccc2nc(/C=C/c3ccc(C(F)(F)F)cc3)[nH]c2c1. The fourth-order valence-corrected chi connectivity index (χ4v) is 4.25. The summed E-state index contributed by atoms with van der Waals surface area (Å²) in [5.41, 5.74) is 3.30. The van der Waals surface area contributed by atoms with Gasteiger partial charge in [-0.05, 0) is 67.2 Å². The lowest BCUT2D eigenvalue weighted by atomic mass is 10.1. The molecule has 0 radical (unpaired) electrons. The third kappa shape index (κ3) is 4.66. The van der Waals surface area contributed by atoms with Gasteiger partial charge in [0.1, 0.15) is 16.8 Å². The summed E-state index contributed by atoms with van der Waals surface area (Å²) >= 11 is 0. The molecule has 0 aliphatic carbocycles. The molecule has 1 N–H and O–H groups in total. The second kappa shape index (κ2) is 8.72. The van der Waals surface area contributed by atoms with Crippen molar-refractivity contribution in [3.05, 3.63) is 83.7 Å². The zero-order chi connectivity index (χ0) is 22.9. The Morgan fingerprint density at radius 3 is 2.38 bits per heavy atom. The predicted molar refractivity (Wildman–Crippen MR) is 122 cm³/mol. The molecule has 32 heavy (non-hydrogen) atoms. The molecule has 8 heteroatoms. The molecule has 1 heterocycles. The van der Waals surface area contributed by atoms with E-state index in [9.17, 15) is 17.4 Å². The summed E-state index contributed by atoms with van der Waals surface area (Å²) < 4.78 is 52.4. The first kappa shape index (κ1) is 22.0. The summed E-state index contributed by atoms with van der Waals surface area (Å²) in [6.45, 7) is 0. The second-order valence-electron chi connectivity index (χ2n) is 7.36. The Bertz CT molecular complexity index is 1310. The number of aromatic amines is 1. The number of hydrogen-bond donors (Lipinski definition) is 1. The summed E-state index contributed by atoms with van der Waals surface area (Å²) in [6.07, 6.45) is -0.928. The van der Waals surface area contributed by atoms with Crippen molar-refractivity contribution < 1.29 is 17.4 Å². The highest BCUT2D eigenvalue weighted by Gasteiger charge is 2.29. The van der Waals surface area contributed by atoms with Crippen LogP contribution in [-0.4, -0.2) is 32.6 Å². The van der Waals surface area contributed by atoms with Gasteiger partial charge in [-0.25, -0.2) is 13.5 Å². The lowest BCUT2D eigenvalue weighted by Crippen LogP contribution is -2.15. The highest BCUT2D eigenvalue weighted by Crippen LogP contribution is 2.30. The Labute approximate surface area is 186 Å². The van der Waals surface area contributed by atoms with E-state index in [1.165, 1.54) is 12.1 Å². The normalized spacial score (nSPS) is 13.3. The Morgan fingerprint density at radius 1 is 0.969 bits per heavy atom. The van der Waals surface area contributed by atoms with Gasteiger partial charge in [0.25, 0.3) is 0 Å². The first-order valence-corrected chi connectivity index (χ1v) is 10.9.